The van der Waals surface area contributed by atoms with Crippen LogP contribution in [0.1, 0.15) is 34.5 Å². The summed E-state index contributed by atoms with van der Waals surface area (Å²) in [5, 5.41) is 3.14. The first-order valence-electron chi connectivity index (χ1n) is 9.93. The molecule has 1 saturated heterocycles. The van der Waals surface area contributed by atoms with E-state index in [1.807, 2.05) is 30.3 Å². The number of carbonyl (C=O) groups is 1. The number of furan rings is 1. The largest absolute Gasteiger partial charge is 0.459 e. The van der Waals surface area contributed by atoms with Crippen molar-refractivity contribution in [3.05, 3.63) is 89.9 Å². The Morgan fingerprint density at radius 3 is 2.38 bits per heavy atom. The maximum absolute atomic E-state index is 12.9. The molecule has 0 saturated carbocycles. The van der Waals surface area contributed by atoms with Crippen molar-refractivity contribution >= 4 is 17.7 Å². The Morgan fingerprint density at radius 2 is 1.66 bits per heavy atom. The van der Waals surface area contributed by atoms with E-state index in [0.29, 0.717) is 31.3 Å². The van der Waals surface area contributed by atoms with E-state index in [9.17, 15) is 4.79 Å². The van der Waals surface area contributed by atoms with Crippen LogP contribution in [0.4, 0.5) is 0 Å². The number of hydrogen-bond donors (Lipinski definition) is 1. The van der Waals surface area contributed by atoms with E-state index in [-0.39, 0.29) is 11.3 Å². The zero-order valence-electron chi connectivity index (χ0n) is 16.3. The predicted molar refractivity (Wildman–Crippen MR) is 115 cm³/mol. The molecule has 4 nitrogen and oxygen atoms in total. The van der Waals surface area contributed by atoms with E-state index >= 15 is 0 Å². The summed E-state index contributed by atoms with van der Waals surface area (Å²) in [6.45, 7) is 2.00. The highest BCUT2D eigenvalue weighted by atomic mass is 32.2. The fraction of sp³-hybridized carbons (Fsp3) is 0.292. The van der Waals surface area contributed by atoms with Gasteiger partial charge < -0.3 is 14.5 Å². The number of ether oxygens (including phenoxy) is 1. The lowest BCUT2D eigenvalue weighted by Gasteiger charge is -2.37. The minimum atomic E-state index is -0.152. The molecule has 2 heterocycles. The van der Waals surface area contributed by atoms with Crippen LogP contribution in [0.2, 0.25) is 0 Å². The average Bonchev–Trinajstić information content (AvgIpc) is 3.27. The van der Waals surface area contributed by atoms with Crippen molar-refractivity contribution in [1.29, 1.82) is 0 Å². The van der Waals surface area contributed by atoms with Crippen LogP contribution < -0.4 is 5.32 Å². The number of nitrogens with one attached hydrogen (secondary N) is 1. The standard InChI is InChI=1S/C24H25NO3S/c26-23(22-19(11-14-28-22)17-29-21-9-5-2-6-10-21)25-18-24(12-15-27-16-13-24)20-7-3-1-4-8-20/h1-11,14H,12-13,15-18H2,(H,25,26). The number of carbonyl (C=O) groups excluding carboxylic acids is 1. The predicted octanol–water partition coefficient (Wildman–Crippen LogP) is 5.05. The molecule has 0 spiro atoms. The van der Waals surface area contributed by atoms with Crippen molar-refractivity contribution in [1.82, 2.24) is 5.32 Å². The molecule has 1 aromatic heterocycles. The molecule has 3 aromatic rings. The molecule has 1 fully saturated rings. The van der Waals surface area contributed by atoms with Gasteiger partial charge in [0.2, 0.25) is 0 Å². The zero-order chi connectivity index (χ0) is 19.9. The summed E-state index contributed by atoms with van der Waals surface area (Å²) in [6, 6.07) is 22.5. The number of thioether (sulfide) groups is 1. The molecule has 0 bridgehead atoms. The Bertz CT molecular complexity index is 918. The van der Waals surface area contributed by atoms with Gasteiger partial charge in [-0.15, -0.1) is 11.8 Å². The van der Waals surface area contributed by atoms with E-state index in [2.05, 4.69) is 41.7 Å². The molecule has 1 N–H and O–H groups in total. The quantitative estimate of drug-likeness (QED) is 0.557. The summed E-state index contributed by atoms with van der Waals surface area (Å²) in [5.74, 6) is 0.949. The molecule has 29 heavy (non-hydrogen) atoms. The Balaban J connectivity index is 1.43. The third-order valence-electron chi connectivity index (χ3n) is 5.51. The van der Waals surface area contributed by atoms with Crippen LogP contribution in [0.5, 0.6) is 0 Å². The molecule has 1 aliphatic heterocycles. The van der Waals surface area contributed by atoms with Gasteiger partial charge in [-0.05, 0) is 36.6 Å². The van der Waals surface area contributed by atoms with Gasteiger partial charge in [0.15, 0.2) is 5.76 Å². The summed E-state index contributed by atoms with van der Waals surface area (Å²) in [6.07, 6.45) is 3.38. The molecular weight excluding hydrogens is 382 g/mol. The Hall–Kier alpha value is -2.50. The number of benzene rings is 2. The molecular formula is C24H25NO3S. The van der Waals surface area contributed by atoms with E-state index < -0.39 is 0 Å². The highest BCUT2D eigenvalue weighted by Gasteiger charge is 2.35. The molecule has 5 heteroatoms. The molecule has 0 radical (unpaired) electrons. The van der Waals surface area contributed by atoms with Crippen LogP contribution in [0.15, 0.2) is 82.3 Å². The second-order valence-electron chi connectivity index (χ2n) is 7.32. The van der Waals surface area contributed by atoms with Gasteiger partial charge in [-0.3, -0.25) is 4.79 Å². The van der Waals surface area contributed by atoms with E-state index in [1.54, 1.807) is 18.0 Å². The third kappa shape index (κ3) is 4.74. The lowest BCUT2D eigenvalue weighted by Crippen LogP contribution is -2.44. The monoisotopic (exact) mass is 407 g/mol. The number of hydrogen-bond acceptors (Lipinski definition) is 4. The highest BCUT2D eigenvalue weighted by Crippen LogP contribution is 2.34. The first-order chi connectivity index (χ1) is 14.3. The molecule has 150 valence electrons. The van der Waals surface area contributed by atoms with E-state index in [0.717, 1.165) is 18.4 Å². The van der Waals surface area contributed by atoms with Crippen LogP contribution in [0, 0.1) is 0 Å². The smallest absolute Gasteiger partial charge is 0.287 e. The third-order valence-corrected chi connectivity index (χ3v) is 6.57. The second-order valence-corrected chi connectivity index (χ2v) is 8.37. The fourth-order valence-electron chi connectivity index (χ4n) is 3.78. The van der Waals surface area contributed by atoms with E-state index in [4.69, 9.17) is 9.15 Å². The molecule has 0 unspecified atom stereocenters. The summed E-state index contributed by atoms with van der Waals surface area (Å²) in [4.78, 5) is 14.1. The SMILES string of the molecule is O=C(NCC1(c2ccccc2)CCOCC1)c1occc1CSc1ccccc1. The summed E-state index contributed by atoms with van der Waals surface area (Å²) in [7, 11) is 0. The van der Waals surface area contributed by atoms with Crippen LogP contribution in [0.25, 0.3) is 0 Å². The van der Waals surface area contributed by atoms with Gasteiger partial charge in [-0.25, -0.2) is 0 Å². The van der Waals surface area contributed by atoms with Gasteiger partial charge in [0.25, 0.3) is 5.91 Å². The van der Waals surface area contributed by atoms with Gasteiger partial charge in [0.05, 0.1) is 6.26 Å². The fourth-order valence-corrected chi connectivity index (χ4v) is 4.68. The number of amides is 1. The molecule has 0 atom stereocenters. The first kappa shape index (κ1) is 19.8. The minimum Gasteiger partial charge on any atom is -0.459 e. The summed E-state index contributed by atoms with van der Waals surface area (Å²) in [5.41, 5.74) is 2.07. The lowest BCUT2D eigenvalue weighted by atomic mass is 9.74. The summed E-state index contributed by atoms with van der Waals surface area (Å²) >= 11 is 1.70. The molecule has 1 amide bonds. The van der Waals surface area contributed by atoms with Gasteiger partial charge >= 0.3 is 0 Å². The highest BCUT2D eigenvalue weighted by molar-refractivity contribution is 7.98. The van der Waals surface area contributed by atoms with Crippen molar-refractivity contribution in [2.24, 2.45) is 0 Å². The average molecular weight is 408 g/mol. The topological polar surface area (TPSA) is 51.5 Å². The lowest BCUT2D eigenvalue weighted by molar-refractivity contribution is 0.0484. The van der Waals surface area contributed by atoms with Crippen molar-refractivity contribution in [2.45, 2.75) is 28.9 Å². The van der Waals surface area contributed by atoms with Gasteiger partial charge in [0, 0.05) is 41.4 Å². The maximum Gasteiger partial charge on any atom is 0.287 e. The van der Waals surface area contributed by atoms with Crippen molar-refractivity contribution < 1.29 is 13.9 Å². The van der Waals surface area contributed by atoms with Crippen LogP contribution in [-0.4, -0.2) is 25.7 Å². The molecule has 4 rings (SSSR count). The zero-order valence-corrected chi connectivity index (χ0v) is 17.1. The van der Waals surface area contributed by atoms with Crippen LogP contribution >= 0.6 is 11.8 Å². The molecule has 1 aliphatic rings. The van der Waals surface area contributed by atoms with E-state index in [1.165, 1.54) is 10.5 Å². The normalized spacial score (nSPS) is 15.7. The van der Waals surface area contributed by atoms with Crippen molar-refractivity contribution in [3.8, 4) is 0 Å². The number of rotatable bonds is 7. The summed E-state index contributed by atoms with van der Waals surface area (Å²) < 4.78 is 11.1. The molecule has 2 aromatic carbocycles. The Morgan fingerprint density at radius 1 is 0.966 bits per heavy atom. The Labute approximate surface area is 175 Å². The van der Waals surface area contributed by atoms with Crippen molar-refractivity contribution in [3.63, 3.8) is 0 Å². The Kier molecular flexibility index (Phi) is 6.37. The van der Waals surface area contributed by atoms with Gasteiger partial charge in [0.1, 0.15) is 0 Å². The second kappa shape index (κ2) is 9.33. The van der Waals surface area contributed by atoms with Crippen LogP contribution in [-0.2, 0) is 15.9 Å². The van der Waals surface area contributed by atoms with Crippen molar-refractivity contribution in [2.75, 3.05) is 19.8 Å². The van der Waals surface area contributed by atoms with Crippen LogP contribution in [0.3, 0.4) is 0 Å². The van der Waals surface area contributed by atoms with Gasteiger partial charge in [-0.2, -0.15) is 0 Å². The first-order valence-corrected chi connectivity index (χ1v) is 10.9. The minimum absolute atomic E-state index is 0.0965. The van der Waals surface area contributed by atoms with Gasteiger partial charge in [-0.1, -0.05) is 48.5 Å². The molecule has 0 aliphatic carbocycles. The maximum atomic E-state index is 12.9.